The van der Waals surface area contributed by atoms with E-state index in [2.05, 4.69) is 15.6 Å². The second kappa shape index (κ2) is 7.73. The fourth-order valence-corrected chi connectivity index (χ4v) is 2.20. The maximum atomic E-state index is 12.5. The molecule has 1 aromatic carbocycles. The van der Waals surface area contributed by atoms with Gasteiger partial charge in [-0.25, -0.2) is 0 Å². The molecule has 24 heavy (non-hydrogen) atoms. The Balaban J connectivity index is 1.95. The standard InChI is InChI=1S/C19H23N3O2/c1-14(15-9-5-4-6-10-15)22-18(24)19(2,3)17(23)21-13-16-11-7-8-12-20-16/h4-12,14H,13H2,1-3H3,(H,21,23)(H,22,24). The van der Waals surface area contributed by atoms with Crippen molar-refractivity contribution in [1.29, 1.82) is 0 Å². The Labute approximate surface area is 142 Å². The molecule has 126 valence electrons. The van der Waals surface area contributed by atoms with E-state index in [0.29, 0.717) is 6.54 Å². The Kier molecular flexibility index (Phi) is 5.68. The van der Waals surface area contributed by atoms with Crippen molar-refractivity contribution >= 4 is 11.8 Å². The molecular formula is C19H23N3O2. The highest BCUT2D eigenvalue weighted by molar-refractivity contribution is 6.04. The van der Waals surface area contributed by atoms with Crippen LogP contribution in [0.1, 0.15) is 38.1 Å². The van der Waals surface area contributed by atoms with Crippen molar-refractivity contribution in [2.75, 3.05) is 0 Å². The van der Waals surface area contributed by atoms with Crippen molar-refractivity contribution in [3.05, 3.63) is 66.0 Å². The molecule has 5 heteroatoms. The molecule has 0 aliphatic heterocycles. The van der Waals surface area contributed by atoms with Gasteiger partial charge in [-0.05, 0) is 38.5 Å². The predicted octanol–water partition coefficient (Wildman–Crippen LogP) is 2.60. The molecular weight excluding hydrogens is 302 g/mol. The van der Waals surface area contributed by atoms with Crippen molar-refractivity contribution in [1.82, 2.24) is 15.6 Å². The fraction of sp³-hybridized carbons (Fsp3) is 0.316. The van der Waals surface area contributed by atoms with Crippen molar-refractivity contribution in [3.8, 4) is 0 Å². The van der Waals surface area contributed by atoms with Crippen LogP contribution in [-0.4, -0.2) is 16.8 Å². The molecule has 1 aromatic heterocycles. The molecule has 0 aliphatic carbocycles. The zero-order valence-electron chi connectivity index (χ0n) is 14.2. The van der Waals surface area contributed by atoms with E-state index < -0.39 is 5.41 Å². The number of carbonyl (C=O) groups excluding carboxylic acids is 2. The summed E-state index contributed by atoms with van der Waals surface area (Å²) in [5, 5.41) is 5.67. The van der Waals surface area contributed by atoms with E-state index in [-0.39, 0.29) is 17.9 Å². The first-order valence-electron chi connectivity index (χ1n) is 7.95. The first kappa shape index (κ1) is 17.7. The van der Waals surface area contributed by atoms with E-state index in [0.717, 1.165) is 11.3 Å². The van der Waals surface area contributed by atoms with Gasteiger partial charge >= 0.3 is 0 Å². The summed E-state index contributed by atoms with van der Waals surface area (Å²) in [5.74, 6) is -0.636. The number of aromatic nitrogens is 1. The molecule has 1 heterocycles. The number of carbonyl (C=O) groups is 2. The minimum absolute atomic E-state index is 0.165. The summed E-state index contributed by atoms with van der Waals surface area (Å²) in [4.78, 5) is 29.1. The topological polar surface area (TPSA) is 71.1 Å². The summed E-state index contributed by atoms with van der Waals surface area (Å²) in [5.41, 5.74) is 0.577. The summed E-state index contributed by atoms with van der Waals surface area (Å²) in [6.07, 6.45) is 1.67. The molecule has 0 saturated carbocycles. The monoisotopic (exact) mass is 325 g/mol. The summed E-state index contributed by atoms with van der Waals surface area (Å²) in [6, 6.07) is 15.0. The summed E-state index contributed by atoms with van der Waals surface area (Å²) in [7, 11) is 0. The first-order chi connectivity index (χ1) is 11.4. The van der Waals surface area contributed by atoms with Gasteiger partial charge in [-0.3, -0.25) is 14.6 Å². The van der Waals surface area contributed by atoms with Crippen LogP contribution in [0.25, 0.3) is 0 Å². The lowest BCUT2D eigenvalue weighted by molar-refractivity contribution is -0.141. The van der Waals surface area contributed by atoms with Gasteiger partial charge in [0.1, 0.15) is 5.41 Å². The predicted molar refractivity (Wildman–Crippen MR) is 92.9 cm³/mol. The third-order valence-electron chi connectivity index (χ3n) is 3.94. The third kappa shape index (κ3) is 4.41. The van der Waals surface area contributed by atoms with Crippen LogP contribution in [-0.2, 0) is 16.1 Å². The van der Waals surface area contributed by atoms with Crippen LogP contribution >= 0.6 is 0 Å². The Morgan fingerprint density at radius 2 is 1.71 bits per heavy atom. The van der Waals surface area contributed by atoms with Gasteiger partial charge in [0, 0.05) is 6.20 Å². The highest BCUT2D eigenvalue weighted by Crippen LogP contribution is 2.19. The highest BCUT2D eigenvalue weighted by Gasteiger charge is 2.36. The van der Waals surface area contributed by atoms with Crippen molar-refractivity contribution < 1.29 is 9.59 Å². The van der Waals surface area contributed by atoms with E-state index in [4.69, 9.17) is 0 Å². The zero-order chi connectivity index (χ0) is 17.6. The fourth-order valence-electron chi connectivity index (χ4n) is 2.20. The maximum Gasteiger partial charge on any atom is 0.235 e. The lowest BCUT2D eigenvalue weighted by Gasteiger charge is -2.25. The number of pyridine rings is 1. The van der Waals surface area contributed by atoms with Crippen molar-refractivity contribution in [3.63, 3.8) is 0 Å². The zero-order valence-corrected chi connectivity index (χ0v) is 14.2. The number of hydrogen-bond donors (Lipinski definition) is 2. The molecule has 0 fully saturated rings. The van der Waals surface area contributed by atoms with E-state index in [1.165, 1.54) is 0 Å². The van der Waals surface area contributed by atoms with Crippen LogP contribution in [0.5, 0.6) is 0 Å². The molecule has 2 rings (SSSR count). The number of amides is 2. The van der Waals surface area contributed by atoms with E-state index in [9.17, 15) is 9.59 Å². The molecule has 2 aromatic rings. The van der Waals surface area contributed by atoms with Gasteiger partial charge in [0.05, 0.1) is 18.3 Å². The van der Waals surface area contributed by atoms with Crippen LogP contribution in [0.2, 0.25) is 0 Å². The average molecular weight is 325 g/mol. The Morgan fingerprint density at radius 3 is 2.33 bits per heavy atom. The number of hydrogen-bond acceptors (Lipinski definition) is 3. The summed E-state index contributed by atoms with van der Waals surface area (Å²) >= 11 is 0. The molecule has 2 amide bonds. The smallest absolute Gasteiger partial charge is 0.235 e. The van der Waals surface area contributed by atoms with Gasteiger partial charge in [0.15, 0.2) is 0 Å². The van der Waals surface area contributed by atoms with Crippen LogP contribution in [0, 0.1) is 5.41 Å². The number of rotatable bonds is 6. The van der Waals surface area contributed by atoms with Gasteiger partial charge in [-0.15, -0.1) is 0 Å². The van der Waals surface area contributed by atoms with Gasteiger partial charge in [0.25, 0.3) is 0 Å². The second-order valence-electron chi connectivity index (χ2n) is 6.23. The maximum absolute atomic E-state index is 12.5. The Morgan fingerprint density at radius 1 is 1.04 bits per heavy atom. The lowest BCUT2D eigenvalue weighted by Crippen LogP contribution is -2.48. The van der Waals surface area contributed by atoms with Crippen molar-refractivity contribution in [2.24, 2.45) is 5.41 Å². The van der Waals surface area contributed by atoms with E-state index in [1.807, 2.05) is 55.5 Å². The van der Waals surface area contributed by atoms with Crippen LogP contribution < -0.4 is 10.6 Å². The van der Waals surface area contributed by atoms with Crippen LogP contribution in [0.4, 0.5) is 0 Å². The molecule has 1 atom stereocenters. The van der Waals surface area contributed by atoms with Gasteiger partial charge in [-0.1, -0.05) is 36.4 Å². The second-order valence-corrected chi connectivity index (χ2v) is 6.23. The quantitative estimate of drug-likeness (QED) is 0.802. The van der Waals surface area contributed by atoms with Gasteiger partial charge in [0.2, 0.25) is 11.8 Å². The third-order valence-corrected chi connectivity index (χ3v) is 3.94. The Bertz CT molecular complexity index is 684. The largest absolute Gasteiger partial charge is 0.350 e. The molecule has 1 unspecified atom stereocenters. The summed E-state index contributed by atoms with van der Waals surface area (Å²) < 4.78 is 0. The molecule has 5 nitrogen and oxygen atoms in total. The average Bonchev–Trinajstić information content (AvgIpc) is 2.61. The molecule has 0 spiro atoms. The number of nitrogens with one attached hydrogen (secondary N) is 2. The molecule has 2 N–H and O–H groups in total. The molecule has 0 saturated heterocycles. The SMILES string of the molecule is CC(NC(=O)C(C)(C)C(=O)NCc1ccccn1)c1ccccc1. The van der Waals surface area contributed by atoms with E-state index in [1.54, 1.807) is 20.0 Å². The highest BCUT2D eigenvalue weighted by atomic mass is 16.2. The normalized spacial score (nSPS) is 12.3. The minimum atomic E-state index is -1.17. The van der Waals surface area contributed by atoms with E-state index >= 15 is 0 Å². The summed E-state index contributed by atoms with van der Waals surface area (Å²) in [6.45, 7) is 5.43. The molecule has 0 bridgehead atoms. The van der Waals surface area contributed by atoms with Crippen LogP contribution in [0.15, 0.2) is 54.7 Å². The van der Waals surface area contributed by atoms with Crippen molar-refractivity contribution in [2.45, 2.75) is 33.4 Å². The van der Waals surface area contributed by atoms with Gasteiger partial charge < -0.3 is 10.6 Å². The number of nitrogens with zero attached hydrogens (tertiary/aromatic N) is 1. The van der Waals surface area contributed by atoms with Gasteiger partial charge in [-0.2, -0.15) is 0 Å². The molecule has 0 aliphatic rings. The lowest BCUT2D eigenvalue weighted by atomic mass is 9.90. The first-order valence-corrected chi connectivity index (χ1v) is 7.95. The number of benzene rings is 1. The molecule has 0 radical (unpaired) electrons. The Hall–Kier alpha value is -2.69. The van der Waals surface area contributed by atoms with Crippen LogP contribution in [0.3, 0.4) is 0 Å². The minimum Gasteiger partial charge on any atom is -0.350 e.